The zero-order chi connectivity index (χ0) is 8.27. The summed E-state index contributed by atoms with van der Waals surface area (Å²) in [5, 5.41) is 0. The molecule has 1 rings (SSSR count). The van der Waals surface area contributed by atoms with Gasteiger partial charge in [-0.3, -0.25) is 0 Å². The van der Waals surface area contributed by atoms with Crippen LogP contribution in [0.25, 0.3) is 0 Å². The van der Waals surface area contributed by atoms with Crippen molar-refractivity contribution in [2.75, 3.05) is 0 Å². The van der Waals surface area contributed by atoms with Crippen LogP contribution in [0, 0.1) is 0 Å². The van der Waals surface area contributed by atoms with Crippen LogP contribution in [0.15, 0.2) is 12.2 Å². The predicted octanol–water partition coefficient (Wildman–Crippen LogP) is 2.89. The first-order chi connectivity index (χ1) is 5.20. The second-order valence-corrected chi connectivity index (χ2v) is 4.35. The Bertz CT molecular complexity index is 142. The van der Waals surface area contributed by atoms with Crippen molar-refractivity contribution in [3.05, 3.63) is 12.2 Å². The molecule has 64 valence electrons. The van der Waals surface area contributed by atoms with Crippen molar-refractivity contribution >= 4 is 15.9 Å². The monoisotopic (exact) mass is 218 g/mol. The fraction of sp³-hybridized carbons (Fsp3) is 0.778. The Hall–Kier alpha value is 0.180. The van der Waals surface area contributed by atoms with E-state index in [1.165, 1.54) is 12.8 Å². The van der Waals surface area contributed by atoms with Gasteiger partial charge in [-0.15, -0.1) is 0 Å². The molecule has 0 aromatic rings. The van der Waals surface area contributed by atoms with E-state index in [9.17, 15) is 0 Å². The third kappa shape index (κ3) is 2.96. The molecule has 0 heterocycles. The molecule has 0 N–H and O–H groups in total. The topological polar surface area (TPSA) is 9.23 Å². The molecule has 0 saturated carbocycles. The molecule has 0 aliphatic heterocycles. The summed E-state index contributed by atoms with van der Waals surface area (Å²) in [6.45, 7) is 4.14. The van der Waals surface area contributed by atoms with Crippen molar-refractivity contribution in [3.63, 3.8) is 0 Å². The third-order valence-corrected chi connectivity index (χ3v) is 2.70. The molecule has 1 nitrogen and oxygen atoms in total. The molecule has 2 heteroatoms. The second-order valence-electron chi connectivity index (χ2n) is 3.17. The number of allylic oxidation sites excluding steroid dienone is 1. The third-order valence-electron chi connectivity index (χ3n) is 1.72. The summed E-state index contributed by atoms with van der Waals surface area (Å²) in [5.74, 6) is 0. The minimum atomic E-state index is 0.281. The lowest BCUT2D eigenvalue weighted by Crippen LogP contribution is -2.27. The molecular formula is C9H15BrO. The smallest absolute Gasteiger partial charge is 0.0884 e. The van der Waals surface area contributed by atoms with Crippen molar-refractivity contribution in [1.82, 2.24) is 0 Å². The summed E-state index contributed by atoms with van der Waals surface area (Å²) < 4.78 is 5.67. The molecule has 0 radical (unpaired) electrons. The van der Waals surface area contributed by atoms with Gasteiger partial charge in [-0.1, -0.05) is 28.1 Å². The molecule has 0 aromatic carbocycles. The van der Waals surface area contributed by atoms with Crippen LogP contribution in [0.2, 0.25) is 0 Å². The normalized spacial score (nSPS) is 31.3. The van der Waals surface area contributed by atoms with Gasteiger partial charge in [0.2, 0.25) is 0 Å². The van der Waals surface area contributed by atoms with Crippen LogP contribution in [0.5, 0.6) is 0 Å². The summed E-state index contributed by atoms with van der Waals surface area (Å²) >= 11 is 3.61. The molecule has 2 atom stereocenters. The predicted molar refractivity (Wildman–Crippen MR) is 51.1 cm³/mol. The van der Waals surface area contributed by atoms with Gasteiger partial charge in [0.1, 0.15) is 0 Å². The van der Waals surface area contributed by atoms with Crippen LogP contribution in [0.1, 0.15) is 26.7 Å². The quantitative estimate of drug-likeness (QED) is 0.512. The summed E-state index contributed by atoms with van der Waals surface area (Å²) in [4.78, 5) is 0.509. The van der Waals surface area contributed by atoms with Gasteiger partial charge >= 0.3 is 0 Å². The van der Waals surface area contributed by atoms with E-state index in [4.69, 9.17) is 4.74 Å². The van der Waals surface area contributed by atoms with Crippen LogP contribution in [-0.2, 0) is 4.74 Å². The first-order valence-electron chi connectivity index (χ1n) is 4.16. The van der Waals surface area contributed by atoms with E-state index in [0.29, 0.717) is 10.9 Å². The van der Waals surface area contributed by atoms with Crippen molar-refractivity contribution in [1.29, 1.82) is 0 Å². The van der Waals surface area contributed by atoms with Gasteiger partial charge < -0.3 is 4.74 Å². The number of alkyl halides is 1. The average Bonchev–Trinajstić information content (AvgIpc) is 1.93. The van der Waals surface area contributed by atoms with Crippen LogP contribution in [0.4, 0.5) is 0 Å². The zero-order valence-electron chi connectivity index (χ0n) is 7.09. The number of ether oxygens (including phenoxy) is 1. The molecule has 0 fully saturated rings. The molecule has 0 amide bonds. The Labute approximate surface area is 76.9 Å². The van der Waals surface area contributed by atoms with Crippen LogP contribution >= 0.6 is 15.9 Å². The van der Waals surface area contributed by atoms with Crippen molar-refractivity contribution in [3.8, 4) is 0 Å². The first-order valence-corrected chi connectivity index (χ1v) is 5.08. The van der Waals surface area contributed by atoms with E-state index in [1.807, 2.05) is 0 Å². The summed E-state index contributed by atoms with van der Waals surface area (Å²) in [5.41, 5.74) is 0. The maximum Gasteiger partial charge on any atom is 0.0884 e. The SMILES string of the molecule is CC(C)OC1C=CCCC1Br. The molecule has 2 unspecified atom stereocenters. The Morgan fingerprint density at radius 3 is 2.82 bits per heavy atom. The number of halogens is 1. The number of hydrogen-bond acceptors (Lipinski definition) is 1. The minimum Gasteiger partial charge on any atom is -0.370 e. The average molecular weight is 219 g/mol. The molecule has 0 spiro atoms. The van der Waals surface area contributed by atoms with E-state index >= 15 is 0 Å². The molecule has 1 aliphatic carbocycles. The van der Waals surface area contributed by atoms with Gasteiger partial charge in [-0.05, 0) is 26.7 Å². The van der Waals surface area contributed by atoms with Crippen LogP contribution in [-0.4, -0.2) is 17.0 Å². The van der Waals surface area contributed by atoms with Crippen LogP contribution < -0.4 is 0 Å². The maximum absolute atomic E-state index is 5.67. The highest BCUT2D eigenvalue weighted by atomic mass is 79.9. The van der Waals surface area contributed by atoms with Gasteiger partial charge in [0, 0.05) is 4.83 Å². The van der Waals surface area contributed by atoms with E-state index < -0.39 is 0 Å². The fourth-order valence-electron chi connectivity index (χ4n) is 1.22. The lowest BCUT2D eigenvalue weighted by molar-refractivity contribution is 0.0324. The molecule has 0 bridgehead atoms. The lowest BCUT2D eigenvalue weighted by Gasteiger charge is -2.24. The number of rotatable bonds is 2. The maximum atomic E-state index is 5.67. The van der Waals surface area contributed by atoms with Gasteiger partial charge in [0.25, 0.3) is 0 Å². The second kappa shape index (κ2) is 4.27. The molecule has 11 heavy (non-hydrogen) atoms. The van der Waals surface area contributed by atoms with E-state index in [1.54, 1.807) is 0 Å². The largest absolute Gasteiger partial charge is 0.370 e. The highest BCUT2D eigenvalue weighted by Gasteiger charge is 2.19. The Morgan fingerprint density at radius 2 is 2.27 bits per heavy atom. The van der Waals surface area contributed by atoms with E-state index in [0.717, 1.165) is 0 Å². The van der Waals surface area contributed by atoms with E-state index in [-0.39, 0.29) is 6.10 Å². The van der Waals surface area contributed by atoms with Crippen molar-refractivity contribution < 1.29 is 4.74 Å². The Kier molecular flexibility index (Phi) is 3.60. The van der Waals surface area contributed by atoms with E-state index in [2.05, 4.69) is 41.9 Å². The van der Waals surface area contributed by atoms with Crippen molar-refractivity contribution in [2.45, 2.75) is 43.7 Å². The fourth-order valence-corrected chi connectivity index (χ4v) is 1.78. The molecule has 0 aromatic heterocycles. The lowest BCUT2D eigenvalue weighted by atomic mass is 10.1. The highest BCUT2D eigenvalue weighted by molar-refractivity contribution is 9.09. The summed E-state index contributed by atoms with van der Waals surface area (Å²) in [6.07, 6.45) is 7.32. The minimum absolute atomic E-state index is 0.281. The number of hydrogen-bond donors (Lipinski definition) is 0. The Morgan fingerprint density at radius 1 is 1.55 bits per heavy atom. The van der Waals surface area contributed by atoms with Gasteiger partial charge in [0.15, 0.2) is 0 Å². The highest BCUT2D eigenvalue weighted by Crippen LogP contribution is 2.22. The first kappa shape index (κ1) is 9.27. The molecule has 0 saturated heterocycles. The standard InChI is InChI=1S/C9H15BrO/c1-7(2)11-9-6-4-3-5-8(9)10/h4,6-9H,3,5H2,1-2H3. The molecule has 1 aliphatic rings. The zero-order valence-corrected chi connectivity index (χ0v) is 8.67. The summed E-state index contributed by atoms with van der Waals surface area (Å²) in [7, 11) is 0. The van der Waals surface area contributed by atoms with Gasteiger partial charge in [-0.25, -0.2) is 0 Å². The summed E-state index contributed by atoms with van der Waals surface area (Å²) in [6, 6.07) is 0. The molecular weight excluding hydrogens is 204 g/mol. The van der Waals surface area contributed by atoms with Crippen LogP contribution in [0.3, 0.4) is 0 Å². The van der Waals surface area contributed by atoms with Gasteiger partial charge in [0.05, 0.1) is 12.2 Å². The van der Waals surface area contributed by atoms with Crippen molar-refractivity contribution in [2.24, 2.45) is 0 Å². The van der Waals surface area contributed by atoms with Gasteiger partial charge in [-0.2, -0.15) is 0 Å². The Balaban J connectivity index is 2.41.